The molecule has 0 bridgehead atoms. The van der Waals surface area contributed by atoms with Crippen LogP contribution in [0.4, 0.5) is 11.8 Å². The summed E-state index contributed by atoms with van der Waals surface area (Å²) in [5.41, 5.74) is 6.16. The van der Waals surface area contributed by atoms with Gasteiger partial charge in [0.05, 0.1) is 18.8 Å². The first-order chi connectivity index (χ1) is 11.8. The SMILES string of the molecule is NC=C(C=NCCO)Nc1nccc(NC2C[C@H]3CNC[C@H]3C2)n1. The highest BCUT2D eigenvalue weighted by atomic mass is 16.3. The van der Waals surface area contributed by atoms with Crippen molar-refractivity contribution in [1.29, 1.82) is 0 Å². The van der Waals surface area contributed by atoms with E-state index in [4.69, 9.17) is 10.8 Å². The molecule has 1 aliphatic heterocycles. The van der Waals surface area contributed by atoms with Crippen LogP contribution in [0, 0.1) is 11.8 Å². The maximum Gasteiger partial charge on any atom is 0.229 e. The van der Waals surface area contributed by atoms with Crippen LogP contribution >= 0.6 is 0 Å². The van der Waals surface area contributed by atoms with Crippen molar-refractivity contribution in [2.45, 2.75) is 18.9 Å². The van der Waals surface area contributed by atoms with Crippen molar-refractivity contribution < 1.29 is 5.11 Å². The number of aromatic nitrogens is 2. The molecule has 8 heteroatoms. The van der Waals surface area contributed by atoms with Gasteiger partial charge >= 0.3 is 0 Å². The quantitative estimate of drug-likeness (QED) is 0.451. The fourth-order valence-electron chi connectivity index (χ4n) is 3.46. The van der Waals surface area contributed by atoms with Gasteiger partial charge in [0.2, 0.25) is 5.95 Å². The molecule has 2 aliphatic rings. The summed E-state index contributed by atoms with van der Waals surface area (Å²) in [5, 5.41) is 18.8. The van der Waals surface area contributed by atoms with Crippen molar-refractivity contribution in [1.82, 2.24) is 15.3 Å². The van der Waals surface area contributed by atoms with Gasteiger partial charge in [0, 0.05) is 24.7 Å². The van der Waals surface area contributed by atoms with Gasteiger partial charge in [0.25, 0.3) is 0 Å². The van der Waals surface area contributed by atoms with E-state index in [9.17, 15) is 0 Å². The van der Waals surface area contributed by atoms with E-state index in [2.05, 4.69) is 30.9 Å². The van der Waals surface area contributed by atoms with Gasteiger partial charge in [0.15, 0.2) is 0 Å². The van der Waals surface area contributed by atoms with Crippen LogP contribution in [-0.4, -0.2) is 53.6 Å². The molecule has 6 N–H and O–H groups in total. The Balaban J connectivity index is 1.58. The first-order valence-corrected chi connectivity index (χ1v) is 8.38. The van der Waals surface area contributed by atoms with Crippen LogP contribution in [0.25, 0.3) is 0 Å². The highest BCUT2D eigenvalue weighted by Gasteiger charge is 2.37. The smallest absolute Gasteiger partial charge is 0.229 e. The molecule has 3 atom stereocenters. The monoisotopic (exact) mass is 331 g/mol. The average Bonchev–Trinajstić information content (AvgIpc) is 3.16. The number of allylic oxidation sites excluding steroid dienone is 1. The van der Waals surface area contributed by atoms with Crippen LogP contribution in [-0.2, 0) is 0 Å². The highest BCUT2D eigenvalue weighted by molar-refractivity contribution is 5.82. The van der Waals surface area contributed by atoms with Crippen molar-refractivity contribution in [3.63, 3.8) is 0 Å². The van der Waals surface area contributed by atoms with Crippen molar-refractivity contribution >= 4 is 18.0 Å². The van der Waals surface area contributed by atoms with Gasteiger partial charge in [-0.1, -0.05) is 0 Å². The summed E-state index contributed by atoms with van der Waals surface area (Å²) in [5.74, 6) is 2.86. The van der Waals surface area contributed by atoms with Crippen LogP contribution in [0.5, 0.6) is 0 Å². The topological polar surface area (TPSA) is 120 Å². The van der Waals surface area contributed by atoms with Crippen LogP contribution in [0.15, 0.2) is 29.2 Å². The van der Waals surface area contributed by atoms with Gasteiger partial charge < -0.3 is 26.8 Å². The second-order valence-corrected chi connectivity index (χ2v) is 6.26. The molecule has 1 saturated carbocycles. The molecule has 1 aromatic rings. The molecule has 130 valence electrons. The molecule has 0 spiro atoms. The van der Waals surface area contributed by atoms with Gasteiger partial charge in [-0.25, -0.2) is 4.98 Å². The molecule has 1 unspecified atom stereocenters. The van der Waals surface area contributed by atoms with E-state index in [0.29, 0.717) is 24.2 Å². The summed E-state index contributed by atoms with van der Waals surface area (Å²) in [7, 11) is 0. The van der Waals surface area contributed by atoms with E-state index >= 15 is 0 Å². The van der Waals surface area contributed by atoms with E-state index in [1.807, 2.05) is 6.07 Å². The number of nitrogens with one attached hydrogen (secondary N) is 3. The number of nitrogens with zero attached hydrogens (tertiary/aromatic N) is 3. The summed E-state index contributed by atoms with van der Waals surface area (Å²) in [6, 6.07) is 2.35. The zero-order valence-corrected chi connectivity index (χ0v) is 13.7. The molecule has 0 amide bonds. The molecule has 24 heavy (non-hydrogen) atoms. The van der Waals surface area contributed by atoms with E-state index in [-0.39, 0.29) is 6.61 Å². The standard InChI is InChI=1S/C16H25N7O/c17-7-14(10-18-3-4-24)22-16-20-2-1-15(23-16)21-13-5-11-8-19-9-12(11)6-13/h1-2,7,10-13,19,24H,3-6,8-9,17H2,(H2,20,21,22,23)/t11-,12+,13?. The molecule has 1 aromatic heterocycles. The maximum absolute atomic E-state index is 8.75. The molecule has 8 nitrogen and oxygen atoms in total. The number of anilines is 2. The van der Waals surface area contributed by atoms with E-state index < -0.39 is 0 Å². The second kappa shape index (κ2) is 8.07. The van der Waals surface area contributed by atoms with Crippen molar-refractivity contribution in [3.8, 4) is 0 Å². The lowest BCUT2D eigenvalue weighted by molar-refractivity contribution is 0.307. The summed E-state index contributed by atoms with van der Waals surface area (Å²) in [4.78, 5) is 12.7. The molecular formula is C16H25N7O. The average molecular weight is 331 g/mol. The second-order valence-electron chi connectivity index (χ2n) is 6.26. The lowest BCUT2D eigenvalue weighted by atomic mass is 10.0. The lowest BCUT2D eigenvalue weighted by Crippen LogP contribution is -2.21. The minimum Gasteiger partial charge on any atom is -0.403 e. The lowest BCUT2D eigenvalue weighted by Gasteiger charge is -2.15. The summed E-state index contributed by atoms with van der Waals surface area (Å²) in [6.45, 7) is 2.61. The van der Waals surface area contributed by atoms with Gasteiger partial charge in [-0.2, -0.15) is 4.98 Å². The summed E-state index contributed by atoms with van der Waals surface area (Å²) in [6.07, 6.45) is 7.05. The molecule has 0 aromatic carbocycles. The third-order valence-electron chi connectivity index (χ3n) is 4.56. The molecule has 0 radical (unpaired) electrons. The number of aliphatic hydroxyl groups excluding tert-OH is 1. The minimum atomic E-state index is 0.00313. The predicted octanol–water partition coefficient (Wildman–Crippen LogP) is 0.162. The Morgan fingerprint density at radius 2 is 2.21 bits per heavy atom. The Morgan fingerprint density at radius 3 is 2.92 bits per heavy atom. The number of nitrogens with two attached hydrogens (primary N) is 1. The van der Waals surface area contributed by atoms with Crippen LogP contribution in [0.3, 0.4) is 0 Å². The molecule has 1 aliphatic carbocycles. The Labute approximate surface area is 141 Å². The fourth-order valence-corrected chi connectivity index (χ4v) is 3.46. The zero-order valence-electron chi connectivity index (χ0n) is 13.7. The maximum atomic E-state index is 8.75. The van der Waals surface area contributed by atoms with Crippen molar-refractivity contribution in [3.05, 3.63) is 24.2 Å². The number of rotatable bonds is 7. The van der Waals surface area contributed by atoms with Crippen LogP contribution in [0.1, 0.15) is 12.8 Å². The third-order valence-corrected chi connectivity index (χ3v) is 4.56. The molecular weight excluding hydrogens is 306 g/mol. The summed E-state index contributed by atoms with van der Waals surface area (Å²) < 4.78 is 0. The Kier molecular flexibility index (Phi) is 5.60. The Bertz CT molecular complexity index is 592. The normalized spacial score (nSPS) is 26.7. The van der Waals surface area contributed by atoms with Gasteiger partial charge in [-0.15, -0.1) is 0 Å². The van der Waals surface area contributed by atoms with Gasteiger partial charge in [-0.3, -0.25) is 4.99 Å². The van der Waals surface area contributed by atoms with Gasteiger partial charge in [-0.05, 0) is 43.8 Å². The van der Waals surface area contributed by atoms with E-state index in [1.165, 1.54) is 19.0 Å². The molecule has 2 fully saturated rings. The molecule has 1 saturated heterocycles. The van der Waals surface area contributed by atoms with Crippen molar-refractivity contribution in [2.24, 2.45) is 22.6 Å². The first kappa shape index (κ1) is 16.7. The van der Waals surface area contributed by atoms with Gasteiger partial charge in [0.1, 0.15) is 5.82 Å². The number of hydrogen-bond acceptors (Lipinski definition) is 8. The highest BCUT2D eigenvalue weighted by Crippen LogP contribution is 2.35. The Morgan fingerprint density at radius 1 is 1.42 bits per heavy atom. The van der Waals surface area contributed by atoms with E-state index in [1.54, 1.807) is 12.4 Å². The molecule has 3 rings (SSSR count). The zero-order chi connectivity index (χ0) is 16.8. The minimum absolute atomic E-state index is 0.00313. The predicted molar refractivity (Wildman–Crippen MR) is 94.9 cm³/mol. The fraction of sp³-hybridized carbons (Fsp3) is 0.562. The largest absolute Gasteiger partial charge is 0.403 e. The van der Waals surface area contributed by atoms with E-state index in [0.717, 1.165) is 30.7 Å². The number of fused-ring (bicyclic) bond motifs is 1. The Hall–Kier alpha value is -2.19. The van der Waals surface area contributed by atoms with Crippen LogP contribution < -0.4 is 21.7 Å². The summed E-state index contributed by atoms with van der Waals surface area (Å²) >= 11 is 0. The van der Waals surface area contributed by atoms with Crippen molar-refractivity contribution in [2.75, 3.05) is 36.9 Å². The number of hydrogen-bond donors (Lipinski definition) is 5. The van der Waals surface area contributed by atoms with Crippen LogP contribution in [0.2, 0.25) is 0 Å². The first-order valence-electron chi connectivity index (χ1n) is 8.38. The number of aliphatic hydroxyl groups is 1. The third kappa shape index (κ3) is 4.21. The molecule has 2 heterocycles. The number of aliphatic imine (C=N–C) groups is 1.